The SMILES string of the molecule is CC(C)(C)C1CCc2c(sc(NC(=O)c3cccs3)c2C(=O)NCCc2ccccc2)C1. The number of carbonyl (C=O) groups is 2. The van der Waals surface area contributed by atoms with Crippen molar-refractivity contribution in [1.29, 1.82) is 0 Å². The van der Waals surface area contributed by atoms with Gasteiger partial charge in [-0.15, -0.1) is 22.7 Å². The summed E-state index contributed by atoms with van der Waals surface area (Å²) in [7, 11) is 0. The van der Waals surface area contributed by atoms with Crippen LogP contribution in [0.3, 0.4) is 0 Å². The minimum Gasteiger partial charge on any atom is -0.352 e. The molecule has 0 bridgehead atoms. The molecule has 1 unspecified atom stereocenters. The molecule has 2 aromatic heterocycles. The maximum absolute atomic E-state index is 13.3. The van der Waals surface area contributed by atoms with E-state index in [4.69, 9.17) is 0 Å². The first kappa shape index (κ1) is 22.7. The van der Waals surface area contributed by atoms with E-state index in [1.165, 1.54) is 21.8 Å². The Morgan fingerprint density at radius 2 is 1.84 bits per heavy atom. The topological polar surface area (TPSA) is 58.2 Å². The first-order chi connectivity index (χ1) is 15.3. The zero-order valence-corrected chi connectivity index (χ0v) is 20.5. The van der Waals surface area contributed by atoms with Gasteiger partial charge in [0.1, 0.15) is 5.00 Å². The van der Waals surface area contributed by atoms with Crippen molar-refractivity contribution in [2.75, 3.05) is 11.9 Å². The molecule has 0 spiro atoms. The van der Waals surface area contributed by atoms with Gasteiger partial charge in [-0.05, 0) is 59.6 Å². The Morgan fingerprint density at radius 3 is 2.53 bits per heavy atom. The van der Waals surface area contributed by atoms with E-state index in [0.717, 1.165) is 31.2 Å². The minimum atomic E-state index is -0.149. The third-order valence-electron chi connectivity index (χ3n) is 6.23. The van der Waals surface area contributed by atoms with Crippen molar-refractivity contribution >= 4 is 39.5 Å². The van der Waals surface area contributed by atoms with Crippen LogP contribution < -0.4 is 10.6 Å². The van der Waals surface area contributed by atoms with Crippen LogP contribution >= 0.6 is 22.7 Å². The normalized spacial score (nSPS) is 15.8. The molecule has 4 rings (SSSR count). The maximum atomic E-state index is 13.3. The molecule has 0 saturated heterocycles. The fourth-order valence-corrected chi connectivity index (χ4v) is 6.22. The molecule has 0 radical (unpaired) electrons. The highest BCUT2D eigenvalue weighted by atomic mass is 32.1. The highest BCUT2D eigenvalue weighted by Crippen LogP contribution is 2.44. The lowest BCUT2D eigenvalue weighted by Crippen LogP contribution is -2.29. The monoisotopic (exact) mass is 466 g/mol. The van der Waals surface area contributed by atoms with Gasteiger partial charge < -0.3 is 10.6 Å². The van der Waals surface area contributed by atoms with E-state index in [-0.39, 0.29) is 17.2 Å². The summed E-state index contributed by atoms with van der Waals surface area (Å²) in [5, 5.41) is 8.70. The second-order valence-electron chi connectivity index (χ2n) is 9.44. The molecule has 0 aliphatic heterocycles. The van der Waals surface area contributed by atoms with Crippen molar-refractivity contribution in [3.63, 3.8) is 0 Å². The molecule has 2 N–H and O–H groups in total. The molecular formula is C26H30N2O2S2. The van der Waals surface area contributed by atoms with E-state index < -0.39 is 0 Å². The van der Waals surface area contributed by atoms with Crippen LogP contribution in [0.4, 0.5) is 5.00 Å². The summed E-state index contributed by atoms with van der Waals surface area (Å²) in [6.45, 7) is 7.42. The Balaban J connectivity index is 1.56. The number of thiophene rings is 2. The number of fused-ring (bicyclic) bond motifs is 1. The van der Waals surface area contributed by atoms with Crippen LogP contribution in [0, 0.1) is 11.3 Å². The minimum absolute atomic E-state index is 0.0888. The fraction of sp³-hybridized carbons (Fsp3) is 0.385. The zero-order chi connectivity index (χ0) is 22.7. The van der Waals surface area contributed by atoms with Crippen LogP contribution in [-0.2, 0) is 19.3 Å². The molecule has 1 aliphatic carbocycles. The van der Waals surface area contributed by atoms with Gasteiger partial charge in [0.15, 0.2) is 0 Å². The van der Waals surface area contributed by atoms with Gasteiger partial charge in [-0.1, -0.05) is 57.2 Å². The van der Waals surface area contributed by atoms with E-state index in [9.17, 15) is 9.59 Å². The summed E-state index contributed by atoms with van der Waals surface area (Å²) in [5.74, 6) is 0.335. The Hall–Kier alpha value is -2.44. The molecule has 1 atom stereocenters. The van der Waals surface area contributed by atoms with Crippen LogP contribution in [0.5, 0.6) is 0 Å². The van der Waals surface area contributed by atoms with Crippen molar-refractivity contribution in [3.05, 3.63) is 74.3 Å². The standard InChI is InChI=1S/C26H30N2O2S2/c1-26(2,3)18-11-12-19-21(16-18)32-25(28-23(29)20-10-7-15-31-20)22(19)24(30)27-14-13-17-8-5-4-6-9-17/h4-10,15,18H,11-14,16H2,1-3H3,(H,27,30)(H,28,29). The number of anilines is 1. The Bertz CT molecular complexity index is 1080. The van der Waals surface area contributed by atoms with E-state index in [1.807, 2.05) is 35.7 Å². The van der Waals surface area contributed by atoms with Crippen molar-refractivity contribution in [2.24, 2.45) is 11.3 Å². The molecule has 6 heteroatoms. The van der Waals surface area contributed by atoms with Crippen molar-refractivity contribution in [3.8, 4) is 0 Å². The predicted octanol–water partition coefficient (Wildman–Crippen LogP) is 6.19. The largest absolute Gasteiger partial charge is 0.352 e. The molecule has 2 amide bonds. The Kier molecular flexibility index (Phi) is 6.82. The second-order valence-corrected chi connectivity index (χ2v) is 11.5. The van der Waals surface area contributed by atoms with Gasteiger partial charge in [-0.2, -0.15) is 0 Å². The zero-order valence-electron chi connectivity index (χ0n) is 18.9. The van der Waals surface area contributed by atoms with E-state index in [0.29, 0.717) is 27.9 Å². The van der Waals surface area contributed by atoms with E-state index >= 15 is 0 Å². The van der Waals surface area contributed by atoms with Gasteiger partial charge in [0.05, 0.1) is 10.4 Å². The molecule has 3 aromatic rings. The Morgan fingerprint density at radius 1 is 1.06 bits per heavy atom. The molecule has 168 valence electrons. The predicted molar refractivity (Wildman–Crippen MR) is 134 cm³/mol. The summed E-state index contributed by atoms with van der Waals surface area (Å²) in [5.41, 5.74) is 3.20. The van der Waals surface area contributed by atoms with Crippen LogP contribution in [0.2, 0.25) is 0 Å². The van der Waals surface area contributed by atoms with Crippen molar-refractivity contribution < 1.29 is 9.59 Å². The molecule has 32 heavy (non-hydrogen) atoms. The number of amides is 2. The van der Waals surface area contributed by atoms with Crippen molar-refractivity contribution in [1.82, 2.24) is 5.32 Å². The summed E-state index contributed by atoms with van der Waals surface area (Å²) < 4.78 is 0. The van der Waals surface area contributed by atoms with Gasteiger partial charge >= 0.3 is 0 Å². The van der Waals surface area contributed by atoms with Crippen LogP contribution in [-0.4, -0.2) is 18.4 Å². The van der Waals surface area contributed by atoms with E-state index in [1.54, 1.807) is 11.3 Å². The fourth-order valence-electron chi connectivity index (χ4n) is 4.28. The van der Waals surface area contributed by atoms with Crippen LogP contribution in [0.25, 0.3) is 0 Å². The van der Waals surface area contributed by atoms with Gasteiger partial charge in [0.25, 0.3) is 11.8 Å². The van der Waals surface area contributed by atoms with E-state index in [2.05, 4.69) is 43.5 Å². The summed E-state index contributed by atoms with van der Waals surface area (Å²) >= 11 is 2.98. The molecule has 4 nitrogen and oxygen atoms in total. The lowest BCUT2D eigenvalue weighted by molar-refractivity contribution is 0.0954. The van der Waals surface area contributed by atoms with Crippen LogP contribution in [0.1, 0.15) is 63.2 Å². The van der Waals surface area contributed by atoms with Gasteiger partial charge in [0.2, 0.25) is 0 Å². The van der Waals surface area contributed by atoms with Gasteiger partial charge in [-0.3, -0.25) is 9.59 Å². The van der Waals surface area contributed by atoms with Gasteiger partial charge in [0, 0.05) is 11.4 Å². The number of benzene rings is 1. The average Bonchev–Trinajstić information content (AvgIpc) is 3.41. The molecule has 1 aromatic carbocycles. The molecule has 1 aliphatic rings. The highest BCUT2D eigenvalue weighted by molar-refractivity contribution is 7.17. The smallest absolute Gasteiger partial charge is 0.266 e. The maximum Gasteiger partial charge on any atom is 0.266 e. The third-order valence-corrected chi connectivity index (χ3v) is 8.27. The number of hydrogen-bond acceptors (Lipinski definition) is 4. The summed E-state index contributed by atoms with van der Waals surface area (Å²) in [4.78, 5) is 27.9. The third kappa shape index (κ3) is 5.13. The van der Waals surface area contributed by atoms with Crippen molar-refractivity contribution in [2.45, 2.75) is 46.5 Å². The second kappa shape index (κ2) is 9.59. The molecule has 2 heterocycles. The Labute approximate surface area is 198 Å². The molecular weight excluding hydrogens is 436 g/mol. The highest BCUT2D eigenvalue weighted by Gasteiger charge is 2.34. The summed E-state index contributed by atoms with van der Waals surface area (Å²) in [6, 6.07) is 13.8. The van der Waals surface area contributed by atoms with Gasteiger partial charge in [-0.25, -0.2) is 0 Å². The number of carbonyl (C=O) groups excluding carboxylic acids is 2. The molecule has 0 saturated carbocycles. The number of rotatable bonds is 6. The lowest BCUT2D eigenvalue weighted by atomic mass is 9.72. The lowest BCUT2D eigenvalue weighted by Gasteiger charge is -2.33. The first-order valence-corrected chi connectivity index (χ1v) is 12.8. The van der Waals surface area contributed by atoms with Crippen LogP contribution in [0.15, 0.2) is 47.8 Å². The first-order valence-electron chi connectivity index (χ1n) is 11.1. The average molecular weight is 467 g/mol. The quantitative estimate of drug-likeness (QED) is 0.455. The summed E-state index contributed by atoms with van der Waals surface area (Å²) in [6.07, 6.45) is 3.69. The number of hydrogen-bond donors (Lipinski definition) is 2. The molecule has 0 fully saturated rings. The number of nitrogens with one attached hydrogen (secondary N) is 2.